The summed E-state index contributed by atoms with van der Waals surface area (Å²) in [5.41, 5.74) is 0.720. The van der Waals surface area contributed by atoms with Gasteiger partial charge in [0.15, 0.2) is 0 Å². The van der Waals surface area contributed by atoms with Crippen LogP contribution in [0.1, 0.15) is 5.56 Å². The van der Waals surface area contributed by atoms with E-state index in [1.54, 1.807) is 31.2 Å². The van der Waals surface area contributed by atoms with E-state index >= 15 is 0 Å². The SMILES string of the molecule is Cc1c(Cl)cccc1-n1c(=O)oc2ccc(Cl)cc2c1=O. The molecule has 4 nitrogen and oxygen atoms in total. The van der Waals surface area contributed by atoms with E-state index in [1.807, 2.05) is 0 Å². The van der Waals surface area contributed by atoms with Gasteiger partial charge in [-0.2, -0.15) is 0 Å². The molecule has 0 radical (unpaired) electrons. The van der Waals surface area contributed by atoms with Crippen LogP contribution in [0.3, 0.4) is 0 Å². The molecule has 0 atom stereocenters. The fraction of sp³-hybridized carbons (Fsp3) is 0.0667. The minimum atomic E-state index is -0.764. The van der Waals surface area contributed by atoms with Crippen molar-refractivity contribution in [3.63, 3.8) is 0 Å². The van der Waals surface area contributed by atoms with E-state index in [-0.39, 0.29) is 11.0 Å². The molecule has 0 bridgehead atoms. The number of hydrogen-bond donors (Lipinski definition) is 0. The Kier molecular flexibility index (Phi) is 3.35. The number of nitrogens with zero attached hydrogens (tertiary/aromatic N) is 1. The van der Waals surface area contributed by atoms with Crippen LogP contribution in [-0.2, 0) is 0 Å². The van der Waals surface area contributed by atoms with Crippen LogP contribution in [0.15, 0.2) is 50.4 Å². The zero-order valence-corrected chi connectivity index (χ0v) is 12.4. The highest BCUT2D eigenvalue weighted by Gasteiger charge is 2.14. The van der Waals surface area contributed by atoms with Crippen LogP contribution in [0.25, 0.3) is 16.7 Å². The van der Waals surface area contributed by atoms with Crippen LogP contribution in [-0.4, -0.2) is 4.57 Å². The van der Waals surface area contributed by atoms with Crippen molar-refractivity contribution in [2.24, 2.45) is 0 Å². The first-order chi connectivity index (χ1) is 9.99. The number of hydrogen-bond acceptors (Lipinski definition) is 3. The van der Waals surface area contributed by atoms with Gasteiger partial charge in [-0.25, -0.2) is 9.36 Å². The molecule has 0 spiro atoms. The van der Waals surface area contributed by atoms with Crippen molar-refractivity contribution < 1.29 is 4.42 Å². The molecule has 0 unspecified atom stereocenters. The fourth-order valence-corrected chi connectivity index (χ4v) is 2.49. The van der Waals surface area contributed by atoms with Crippen LogP contribution in [0, 0.1) is 6.92 Å². The summed E-state index contributed by atoms with van der Waals surface area (Å²) in [7, 11) is 0. The molecule has 106 valence electrons. The second-order valence-corrected chi connectivity index (χ2v) is 5.38. The number of benzene rings is 2. The van der Waals surface area contributed by atoms with Gasteiger partial charge < -0.3 is 4.42 Å². The molecule has 2 aromatic carbocycles. The van der Waals surface area contributed by atoms with Gasteiger partial charge in [0.25, 0.3) is 5.56 Å². The number of aromatic nitrogens is 1. The third kappa shape index (κ3) is 2.26. The van der Waals surface area contributed by atoms with E-state index in [2.05, 4.69) is 0 Å². The number of halogens is 2. The molecule has 1 heterocycles. The molecule has 0 amide bonds. The summed E-state index contributed by atoms with van der Waals surface area (Å²) in [5, 5.41) is 1.09. The van der Waals surface area contributed by atoms with Crippen molar-refractivity contribution in [2.75, 3.05) is 0 Å². The Morgan fingerprint density at radius 2 is 1.86 bits per heavy atom. The highest BCUT2D eigenvalue weighted by Crippen LogP contribution is 2.21. The molecule has 0 saturated heterocycles. The summed E-state index contributed by atoms with van der Waals surface area (Å²) >= 11 is 11.9. The summed E-state index contributed by atoms with van der Waals surface area (Å²) in [6.45, 7) is 1.73. The quantitative estimate of drug-likeness (QED) is 0.688. The van der Waals surface area contributed by atoms with Gasteiger partial charge in [0, 0.05) is 10.0 Å². The lowest BCUT2D eigenvalue weighted by Crippen LogP contribution is -2.31. The Labute approximate surface area is 129 Å². The summed E-state index contributed by atoms with van der Waals surface area (Å²) in [6, 6.07) is 9.51. The largest absolute Gasteiger partial charge is 0.427 e. The van der Waals surface area contributed by atoms with E-state index < -0.39 is 11.3 Å². The summed E-state index contributed by atoms with van der Waals surface area (Å²) in [4.78, 5) is 24.7. The predicted octanol–water partition coefficient (Wildman–Crippen LogP) is 3.56. The van der Waals surface area contributed by atoms with Gasteiger partial charge in [0.05, 0.1) is 11.1 Å². The van der Waals surface area contributed by atoms with Crippen LogP contribution in [0.5, 0.6) is 0 Å². The van der Waals surface area contributed by atoms with Crippen molar-refractivity contribution in [3.8, 4) is 5.69 Å². The lowest BCUT2D eigenvalue weighted by Gasteiger charge is -2.09. The fourth-order valence-electron chi connectivity index (χ4n) is 2.15. The average Bonchev–Trinajstić information content (AvgIpc) is 2.44. The van der Waals surface area contributed by atoms with Crippen LogP contribution in [0.2, 0.25) is 10.0 Å². The van der Waals surface area contributed by atoms with Crippen LogP contribution < -0.4 is 11.3 Å². The van der Waals surface area contributed by atoms with Crippen molar-refractivity contribution in [3.05, 3.63) is 72.9 Å². The minimum absolute atomic E-state index is 0.199. The molecule has 0 N–H and O–H groups in total. The maximum absolute atomic E-state index is 12.6. The third-order valence-electron chi connectivity index (χ3n) is 3.23. The maximum Gasteiger partial charge on any atom is 0.427 e. The van der Waals surface area contributed by atoms with E-state index in [9.17, 15) is 9.59 Å². The standard InChI is InChI=1S/C15H9Cl2NO3/c1-8-11(17)3-2-4-12(8)18-14(19)10-7-9(16)5-6-13(10)21-15(18)20/h2-7H,1H3. The predicted molar refractivity (Wildman–Crippen MR) is 82.8 cm³/mol. The van der Waals surface area contributed by atoms with E-state index in [0.29, 0.717) is 21.3 Å². The molecule has 21 heavy (non-hydrogen) atoms. The van der Waals surface area contributed by atoms with Gasteiger partial charge >= 0.3 is 5.76 Å². The summed E-state index contributed by atoms with van der Waals surface area (Å²) < 4.78 is 6.14. The molecule has 0 saturated carbocycles. The van der Waals surface area contributed by atoms with Crippen LogP contribution in [0.4, 0.5) is 0 Å². The topological polar surface area (TPSA) is 52.2 Å². The molecule has 1 aromatic heterocycles. The van der Waals surface area contributed by atoms with Crippen LogP contribution >= 0.6 is 23.2 Å². The monoisotopic (exact) mass is 321 g/mol. The lowest BCUT2D eigenvalue weighted by molar-refractivity contribution is 0.503. The third-order valence-corrected chi connectivity index (χ3v) is 3.88. The van der Waals surface area contributed by atoms with Gasteiger partial charge in [-0.15, -0.1) is 0 Å². The molecule has 0 aliphatic rings. The molecule has 6 heteroatoms. The van der Waals surface area contributed by atoms with Crippen molar-refractivity contribution >= 4 is 34.2 Å². The second-order valence-electron chi connectivity index (χ2n) is 4.53. The molecule has 3 aromatic rings. The van der Waals surface area contributed by atoms with Crippen molar-refractivity contribution in [2.45, 2.75) is 6.92 Å². The van der Waals surface area contributed by atoms with Gasteiger partial charge in [-0.3, -0.25) is 4.79 Å². The molecule has 0 aliphatic heterocycles. The molecule has 0 fully saturated rings. The zero-order chi connectivity index (χ0) is 15.1. The van der Waals surface area contributed by atoms with Gasteiger partial charge in [-0.05, 0) is 42.8 Å². The Hall–Kier alpha value is -2.04. The Morgan fingerprint density at radius 1 is 1.10 bits per heavy atom. The summed E-state index contributed by atoms with van der Waals surface area (Å²) in [6.07, 6.45) is 0. The molecular formula is C15H9Cl2NO3. The lowest BCUT2D eigenvalue weighted by atomic mass is 10.2. The second kappa shape index (κ2) is 5.06. The zero-order valence-electron chi connectivity index (χ0n) is 10.9. The highest BCUT2D eigenvalue weighted by atomic mass is 35.5. The van der Waals surface area contributed by atoms with E-state index in [0.717, 1.165) is 4.57 Å². The van der Waals surface area contributed by atoms with Gasteiger partial charge in [-0.1, -0.05) is 29.3 Å². The van der Waals surface area contributed by atoms with Crippen molar-refractivity contribution in [1.82, 2.24) is 4.57 Å². The van der Waals surface area contributed by atoms with Crippen molar-refractivity contribution in [1.29, 1.82) is 0 Å². The summed E-state index contributed by atoms with van der Waals surface area (Å²) in [5.74, 6) is -0.764. The maximum atomic E-state index is 12.6. The molecule has 3 rings (SSSR count). The first-order valence-corrected chi connectivity index (χ1v) is 6.85. The first kappa shape index (κ1) is 13.9. The highest BCUT2D eigenvalue weighted by molar-refractivity contribution is 6.31. The van der Waals surface area contributed by atoms with E-state index in [4.69, 9.17) is 27.6 Å². The average molecular weight is 322 g/mol. The molecular weight excluding hydrogens is 313 g/mol. The smallest absolute Gasteiger partial charge is 0.409 e. The number of rotatable bonds is 1. The minimum Gasteiger partial charge on any atom is -0.409 e. The normalized spacial score (nSPS) is 11.0. The Bertz CT molecular complexity index is 973. The Balaban J connectivity index is 2.46. The molecule has 0 aliphatic carbocycles. The van der Waals surface area contributed by atoms with E-state index in [1.165, 1.54) is 12.1 Å². The first-order valence-electron chi connectivity index (χ1n) is 6.10. The van der Waals surface area contributed by atoms with Gasteiger partial charge in [0.2, 0.25) is 0 Å². The Morgan fingerprint density at radius 3 is 2.62 bits per heavy atom. The number of fused-ring (bicyclic) bond motifs is 1. The van der Waals surface area contributed by atoms with Gasteiger partial charge in [0.1, 0.15) is 5.58 Å².